The number of nitrogens with zero attached hydrogens (tertiary/aromatic N) is 1. The Morgan fingerprint density at radius 3 is 2.42 bits per heavy atom. The number of rotatable bonds is 7. The number of nitrogens with one attached hydrogen (secondary N) is 1. The molecule has 0 radical (unpaired) electrons. The SMILES string of the molecule is COc1cccc(C2CN(C(=O)c3ccc(Cl)cc3)CC2C(=O)NCC(C)C)c1OC. The highest BCUT2D eigenvalue weighted by atomic mass is 35.5. The van der Waals surface area contributed by atoms with E-state index in [1.807, 2.05) is 32.0 Å². The fourth-order valence-electron chi connectivity index (χ4n) is 3.97. The van der Waals surface area contributed by atoms with E-state index < -0.39 is 5.92 Å². The molecule has 2 amide bonds. The lowest BCUT2D eigenvalue weighted by Gasteiger charge is -2.22. The number of para-hydroxylation sites is 1. The van der Waals surface area contributed by atoms with Crippen LogP contribution < -0.4 is 14.8 Å². The number of halogens is 1. The number of hydrogen-bond donors (Lipinski definition) is 1. The highest BCUT2D eigenvalue weighted by Gasteiger charge is 2.42. The third-order valence-electron chi connectivity index (χ3n) is 5.55. The molecule has 1 aliphatic heterocycles. The smallest absolute Gasteiger partial charge is 0.253 e. The van der Waals surface area contributed by atoms with Crippen LogP contribution in [0, 0.1) is 11.8 Å². The molecule has 2 aromatic rings. The lowest BCUT2D eigenvalue weighted by molar-refractivity contribution is -0.125. The molecule has 0 spiro atoms. The largest absolute Gasteiger partial charge is 0.493 e. The van der Waals surface area contributed by atoms with Gasteiger partial charge in [-0.25, -0.2) is 0 Å². The molecule has 2 aromatic carbocycles. The van der Waals surface area contributed by atoms with Crippen molar-refractivity contribution in [2.75, 3.05) is 33.9 Å². The average molecular weight is 445 g/mol. The molecular weight excluding hydrogens is 416 g/mol. The van der Waals surface area contributed by atoms with Crippen LogP contribution in [0.3, 0.4) is 0 Å². The van der Waals surface area contributed by atoms with Gasteiger partial charge in [0.25, 0.3) is 5.91 Å². The molecule has 0 aliphatic carbocycles. The number of ether oxygens (including phenoxy) is 2. The van der Waals surface area contributed by atoms with E-state index >= 15 is 0 Å². The second kappa shape index (κ2) is 10.1. The highest BCUT2D eigenvalue weighted by molar-refractivity contribution is 6.30. The van der Waals surface area contributed by atoms with Crippen molar-refractivity contribution in [3.8, 4) is 11.5 Å². The van der Waals surface area contributed by atoms with Gasteiger partial charge in [-0.15, -0.1) is 0 Å². The Morgan fingerprint density at radius 1 is 1.10 bits per heavy atom. The lowest BCUT2D eigenvalue weighted by atomic mass is 9.87. The maximum absolute atomic E-state index is 13.1. The first-order valence-corrected chi connectivity index (χ1v) is 10.8. The molecule has 0 aromatic heterocycles. The molecule has 1 aliphatic rings. The molecular formula is C24H29ClN2O4. The van der Waals surface area contributed by atoms with Crippen LogP contribution >= 0.6 is 11.6 Å². The van der Waals surface area contributed by atoms with Crippen molar-refractivity contribution in [3.05, 3.63) is 58.6 Å². The van der Waals surface area contributed by atoms with Crippen molar-refractivity contribution >= 4 is 23.4 Å². The second-order valence-corrected chi connectivity index (χ2v) is 8.59. The standard InChI is InChI=1S/C24H29ClN2O4/c1-15(2)12-26-23(28)20-14-27(24(29)16-8-10-17(25)11-9-16)13-19(20)18-6-5-7-21(30-3)22(18)31-4/h5-11,15,19-20H,12-14H2,1-4H3,(H,26,28). The van der Waals surface area contributed by atoms with Gasteiger partial charge in [-0.05, 0) is 36.2 Å². The molecule has 6 nitrogen and oxygen atoms in total. The predicted octanol–water partition coefficient (Wildman–Crippen LogP) is 3.99. The number of amides is 2. The first-order chi connectivity index (χ1) is 14.8. The third-order valence-corrected chi connectivity index (χ3v) is 5.80. The normalized spacial score (nSPS) is 18.2. The molecule has 0 bridgehead atoms. The molecule has 7 heteroatoms. The number of carbonyl (C=O) groups excluding carboxylic acids is 2. The Labute approximate surface area is 188 Å². The minimum atomic E-state index is -0.393. The molecule has 1 N–H and O–H groups in total. The quantitative estimate of drug-likeness (QED) is 0.701. The highest BCUT2D eigenvalue weighted by Crippen LogP contribution is 2.42. The average Bonchev–Trinajstić information content (AvgIpc) is 3.22. The Bertz CT molecular complexity index is 930. The van der Waals surface area contributed by atoms with Crippen LogP contribution in [0.15, 0.2) is 42.5 Å². The zero-order valence-electron chi connectivity index (χ0n) is 18.4. The maximum atomic E-state index is 13.1. The van der Waals surface area contributed by atoms with Crippen LogP contribution in [0.25, 0.3) is 0 Å². The molecule has 3 rings (SSSR count). The van der Waals surface area contributed by atoms with Crippen molar-refractivity contribution in [1.29, 1.82) is 0 Å². The summed E-state index contributed by atoms with van der Waals surface area (Å²) in [6, 6.07) is 12.4. The van der Waals surface area contributed by atoms with Crippen LogP contribution in [-0.4, -0.2) is 50.6 Å². The summed E-state index contributed by atoms with van der Waals surface area (Å²) in [5.41, 5.74) is 1.40. The molecule has 1 heterocycles. The van der Waals surface area contributed by atoms with Gasteiger partial charge < -0.3 is 19.7 Å². The number of benzene rings is 2. The van der Waals surface area contributed by atoms with Crippen LogP contribution in [-0.2, 0) is 4.79 Å². The summed E-state index contributed by atoms with van der Waals surface area (Å²) in [5, 5.41) is 3.60. The Kier molecular flexibility index (Phi) is 7.44. The Morgan fingerprint density at radius 2 is 1.81 bits per heavy atom. The van der Waals surface area contributed by atoms with Gasteiger partial charge in [0.2, 0.25) is 5.91 Å². The summed E-state index contributed by atoms with van der Waals surface area (Å²) >= 11 is 5.96. The van der Waals surface area contributed by atoms with E-state index in [1.165, 1.54) is 0 Å². The van der Waals surface area contributed by atoms with Crippen LogP contribution in [0.1, 0.15) is 35.7 Å². The zero-order valence-corrected chi connectivity index (χ0v) is 19.1. The number of likely N-dealkylation sites (tertiary alicyclic amines) is 1. The lowest BCUT2D eigenvalue weighted by Crippen LogP contribution is -2.37. The van der Waals surface area contributed by atoms with E-state index in [0.29, 0.717) is 47.6 Å². The van der Waals surface area contributed by atoms with E-state index in [4.69, 9.17) is 21.1 Å². The zero-order chi connectivity index (χ0) is 22.5. The van der Waals surface area contributed by atoms with Crippen LogP contribution in [0.4, 0.5) is 0 Å². The van der Waals surface area contributed by atoms with Gasteiger partial charge in [0.15, 0.2) is 11.5 Å². The van der Waals surface area contributed by atoms with Gasteiger partial charge in [0.05, 0.1) is 20.1 Å². The van der Waals surface area contributed by atoms with Gasteiger partial charge in [0.1, 0.15) is 0 Å². The minimum Gasteiger partial charge on any atom is -0.493 e. The summed E-state index contributed by atoms with van der Waals surface area (Å²) in [6.07, 6.45) is 0. The van der Waals surface area contributed by atoms with Crippen molar-refractivity contribution < 1.29 is 19.1 Å². The maximum Gasteiger partial charge on any atom is 0.253 e. The van der Waals surface area contributed by atoms with Crippen LogP contribution in [0.5, 0.6) is 11.5 Å². The molecule has 0 saturated carbocycles. The van der Waals surface area contributed by atoms with Crippen molar-refractivity contribution in [1.82, 2.24) is 10.2 Å². The first-order valence-electron chi connectivity index (χ1n) is 10.4. The number of hydrogen-bond acceptors (Lipinski definition) is 4. The van der Waals surface area contributed by atoms with Crippen molar-refractivity contribution in [2.45, 2.75) is 19.8 Å². The molecule has 1 saturated heterocycles. The predicted molar refractivity (Wildman–Crippen MR) is 121 cm³/mol. The number of methoxy groups -OCH3 is 2. The van der Waals surface area contributed by atoms with E-state index in [9.17, 15) is 9.59 Å². The summed E-state index contributed by atoms with van der Waals surface area (Å²) < 4.78 is 11.1. The molecule has 1 fully saturated rings. The van der Waals surface area contributed by atoms with E-state index in [1.54, 1.807) is 43.4 Å². The van der Waals surface area contributed by atoms with Crippen molar-refractivity contribution in [2.24, 2.45) is 11.8 Å². The van der Waals surface area contributed by atoms with Crippen molar-refractivity contribution in [3.63, 3.8) is 0 Å². The summed E-state index contributed by atoms with van der Waals surface area (Å²) in [5.74, 6) is 0.741. The van der Waals surface area contributed by atoms with Gasteiger partial charge in [-0.3, -0.25) is 9.59 Å². The Balaban J connectivity index is 1.93. The van der Waals surface area contributed by atoms with Gasteiger partial charge in [-0.1, -0.05) is 37.6 Å². The summed E-state index contributed by atoms with van der Waals surface area (Å²) in [4.78, 5) is 28.0. The van der Waals surface area contributed by atoms with E-state index in [-0.39, 0.29) is 17.7 Å². The molecule has 31 heavy (non-hydrogen) atoms. The summed E-state index contributed by atoms with van der Waals surface area (Å²) in [7, 11) is 3.17. The number of carbonyl (C=O) groups is 2. The van der Waals surface area contributed by atoms with E-state index in [0.717, 1.165) is 5.56 Å². The fraction of sp³-hybridized carbons (Fsp3) is 0.417. The monoisotopic (exact) mass is 444 g/mol. The fourth-order valence-corrected chi connectivity index (χ4v) is 4.09. The summed E-state index contributed by atoms with van der Waals surface area (Å²) in [6.45, 7) is 5.42. The first kappa shape index (κ1) is 22.9. The molecule has 166 valence electrons. The minimum absolute atomic E-state index is 0.0602. The topological polar surface area (TPSA) is 67.9 Å². The molecule has 2 atom stereocenters. The molecule has 2 unspecified atom stereocenters. The van der Waals surface area contributed by atoms with Gasteiger partial charge >= 0.3 is 0 Å². The van der Waals surface area contributed by atoms with Gasteiger partial charge in [-0.2, -0.15) is 0 Å². The Hall–Kier alpha value is -2.73. The van der Waals surface area contributed by atoms with E-state index in [2.05, 4.69) is 5.32 Å². The third kappa shape index (κ3) is 5.13. The van der Waals surface area contributed by atoms with Gasteiger partial charge in [0, 0.05) is 41.7 Å². The van der Waals surface area contributed by atoms with Crippen LogP contribution in [0.2, 0.25) is 5.02 Å². The second-order valence-electron chi connectivity index (χ2n) is 8.15.